The minimum atomic E-state index is -3.05. The Morgan fingerprint density at radius 1 is 1.12 bits per heavy atom. The lowest BCUT2D eigenvalue weighted by Crippen LogP contribution is -2.35. The molecule has 0 bridgehead atoms. The van der Waals surface area contributed by atoms with Crippen LogP contribution in [0.3, 0.4) is 0 Å². The second kappa shape index (κ2) is 7.30. The third-order valence-electron chi connectivity index (χ3n) is 3.93. The lowest BCUT2D eigenvalue weighted by atomic mass is 10.2. The zero-order valence-electron chi connectivity index (χ0n) is 13.3. The molecular formula is C18H16N2O3S2. The van der Waals surface area contributed by atoms with Crippen LogP contribution in [0.1, 0.15) is 22.3 Å². The van der Waals surface area contributed by atoms with Gasteiger partial charge in [0.05, 0.1) is 22.6 Å². The zero-order chi connectivity index (χ0) is 17.9. The number of sulfone groups is 1. The summed E-state index contributed by atoms with van der Waals surface area (Å²) in [5, 5.41) is 12.0. The second-order valence-corrected chi connectivity index (χ2v) is 9.09. The summed E-state index contributed by atoms with van der Waals surface area (Å²) < 4.78 is 23.1. The van der Waals surface area contributed by atoms with Gasteiger partial charge in [-0.15, -0.1) is 0 Å². The van der Waals surface area contributed by atoms with Gasteiger partial charge in [0.25, 0.3) is 5.91 Å². The molecule has 7 heteroatoms. The lowest BCUT2D eigenvalue weighted by molar-refractivity contribution is 0.0938. The number of nitrogens with one attached hydrogen (secondary N) is 1. The molecule has 0 radical (unpaired) electrons. The molecule has 0 aromatic heterocycles. The maximum atomic E-state index is 12.6. The van der Waals surface area contributed by atoms with Gasteiger partial charge in [-0.25, -0.2) is 8.42 Å². The molecule has 1 amide bonds. The van der Waals surface area contributed by atoms with Crippen LogP contribution < -0.4 is 5.32 Å². The third kappa shape index (κ3) is 4.21. The van der Waals surface area contributed by atoms with Crippen LogP contribution in [0.2, 0.25) is 0 Å². The maximum Gasteiger partial charge on any atom is 0.252 e. The van der Waals surface area contributed by atoms with Crippen molar-refractivity contribution < 1.29 is 13.2 Å². The van der Waals surface area contributed by atoms with Crippen molar-refractivity contribution in [3.63, 3.8) is 0 Å². The molecule has 1 aliphatic rings. The molecule has 1 atom stereocenters. The molecule has 2 aromatic rings. The van der Waals surface area contributed by atoms with Crippen molar-refractivity contribution in [2.24, 2.45) is 0 Å². The number of carbonyl (C=O) groups excluding carboxylic acids is 1. The van der Waals surface area contributed by atoms with E-state index in [4.69, 9.17) is 0 Å². The molecule has 0 aliphatic carbocycles. The molecule has 2 aromatic carbocycles. The number of benzene rings is 2. The average Bonchev–Trinajstić information content (AvgIpc) is 2.94. The van der Waals surface area contributed by atoms with Gasteiger partial charge in [0.2, 0.25) is 0 Å². The number of hydrogen-bond acceptors (Lipinski definition) is 5. The van der Waals surface area contributed by atoms with E-state index in [1.807, 2.05) is 24.3 Å². The topological polar surface area (TPSA) is 87.0 Å². The molecular weight excluding hydrogens is 356 g/mol. The van der Waals surface area contributed by atoms with Crippen LogP contribution in [0.4, 0.5) is 0 Å². The summed E-state index contributed by atoms with van der Waals surface area (Å²) in [4.78, 5) is 14.1. The minimum absolute atomic E-state index is 0.00862. The van der Waals surface area contributed by atoms with Gasteiger partial charge in [0, 0.05) is 15.8 Å². The van der Waals surface area contributed by atoms with Gasteiger partial charge in [-0.1, -0.05) is 36.0 Å². The fourth-order valence-electron chi connectivity index (χ4n) is 2.68. The van der Waals surface area contributed by atoms with Crippen molar-refractivity contribution in [1.29, 1.82) is 5.26 Å². The Labute approximate surface area is 151 Å². The number of carbonyl (C=O) groups is 1. The van der Waals surface area contributed by atoms with Crippen molar-refractivity contribution >= 4 is 27.5 Å². The smallest absolute Gasteiger partial charge is 0.252 e. The molecule has 0 spiro atoms. The van der Waals surface area contributed by atoms with Crippen LogP contribution in [-0.2, 0) is 9.84 Å². The Morgan fingerprint density at radius 2 is 1.80 bits per heavy atom. The molecule has 25 heavy (non-hydrogen) atoms. The summed E-state index contributed by atoms with van der Waals surface area (Å²) >= 11 is 1.35. The van der Waals surface area contributed by atoms with E-state index in [-0.39, 0.29) is 23.5 Å². The van der Waals surface area contributed by atoms with Gasteiger partial charge < -0.3 is 5.32 Å². The molecule has 1 aliphatic heterocycles. The Kier molecular flexibility index (Phi) is 5.11. The first-order valence-electron chi connectivity index (χ1n) is 7.76. The number of nitriles is 1. The van der Waals surface area contributed by atoms with Crippen molar-refractivity contribution in [3.05, 3.63) is 59.7 Å². The van der Waals surface area contributed by atoms with Gasteiger partial charge in [-0.3, -0.25) is 4.79 Å². The lowest BCUT2D eigenvalue weighted by Gasteiger charge is -2.13. The summed E-state index contributed by atoms with van der Waals surface area (Å²) in [5.74, 6) is -0.186. The SMILES string of the molecule is N#Cc1ccccc1Sc1ccccc1C(=O)N[C@@H]1CCS(=O)(=O)C1. The monoisotopic (exact) mass is 372 g/mol. The van der Waals surface area contributed by atoms with E-state index in [1.54, 1.807) is 24.3 Å². The van der Waals surface area contributed by atoms with Crippen molar-refractivity contribution in [1.82, 2.24) is 5.32 Å². The molecule has 1 N–H and O–H groups in total. The Hall–Kier alpha value is -2.30. The average molecular weight is 372 g/mol. The summed E-state index contributed by atoms with van der Waals surface area (Å²) in [6.45, 7) is 0. The minimum Gasteiger partial charge on any atom is -0.348 e. The second-order valence-electron chi connectivity index (χ2n) is 5.78. The molecule has 0 unspecified atom stereocenters. The van der Waals surface area contributed by atoms with Crippen molar-refractivity contribution in [3.8, 4) is 6.07 Å². The van der Waals surface area contributed by atoms with Gasteiger partial charge in [0.15, 0.2) is 9.84 Å². The van der Waals surface area contributed by atoms with E-state index in [0.717, 1.165) is 9.79 Å². The standard InChI is InChI=1S/C18H16N2O3S2/c19-11-13-5-1-3-7-16(13)24-17-8-4-2-6-15(17)18(21)20-14-9-10-25(22,23)12-14/h1-8,14H,9-10,12H2,(H,20,21)/t14-/m1/s1. The van der Waals surface area contributed by atoms with E-state index in [9.17, 15) is 18.5 Å². The molecule has 5 nitrogen and oxygen atoms in total. The van der Waals surface area contributed by atoms with Crippen LogP contribution in [-0.4, -0.2) is 31.9 Å². The van der Waals surface area contributed by atoms with Crippen LogP contribution in [0, 0.1) is 11.3 Å². The summed E-state index contributed by atoms with van der Waals surface area (Å²) in [5.41, 5.74) is 1.02. The zero-order valence-corrected chi connectivity index (χ0v) is 14.9. The highest BCUT2D eigenvalue weighted by Gasteiger charge is 2.29. The number of amides is 1. The highest BCUT2D eigenvalue weighted by molar-refractivity contribution is 7.99. The Balaban J connectivity index is 1.81. The van der Waals surface area contributed by atoms with E-state index in [2.05, 4.69) is 11.4 Å². The predicted molar refractivity (Wildman–Crippen MR) is 96.2 cm³/mol. The molecule has 1 saturated heterocycles. The molecule has 128 valence electrons. The van der Waals surface area contributed by atoms with Crippen LogP contribution in [0.25, 0.3) is 0 Å². The highest BCUT2D eigenvalue weighted by Crippen LogP contribution is 2.32. The van der Waals surface area contributed by atoms with E-state index in [0.29, 0.717) is 17.5 Å². The van der Waals surface area contributed by atoms with Gasteiger partial charge in [-0.05, 0) is 30.7 Å². The fraction of sp³-hybridized carbons (Fsp3) is 0.222. The first-order chi connectivity index (χ1) is 12.0. The van der Waals surface area contributed by atoms with Gasteiger partial charge in [-0.2, -0.15) is 5.26 Å². The van der Waals surface area contributed by atoms with E-state index < -0.39 is 9.84 Å². The quantitative estimate of drug-likeness (QED) is 0.891. The first-order valence-corrected chi connectivity index (χ1v) is 10.4. The largest absolute Gasteiger partial charge is 0.348 e. The Morgan fingerprint density at radius 3 is 2.48 bits per heavy atom. The highest BCUT2D eigenvalue weighted by atomic mass is 32.2. The Bertz CT molecular complexity index is 949. The van der Waals surface area contributed by atoms with Crippen LogP contribution in [0.5, 0.6) is 0 Å². The normalized spacial score (nSPS) is 18.4. The van der Waals surface area contributed by atoms with E-state index in [1.165, 1.54) is 11.8 Å². The molecule has 1 fully saturated rings. The summed E-state index contributed by atoms with van der Waals surface area (Å²) in [6, 6.07) is 16.1. The third-order valence-corrected chi connectivity index (χ3v) is 6.85. The number of hydrogen-bond donors (Lipinski definition) is 1. The van der Waals surface area contributed by atoms with Crippen LogP contribution in [0.15, 0.2) is 58.3 Å². The van der Waals surface area contributed by atoms with Crippen LogP contribution >= 0.6 is 11.8 Å². The van der Waals surface area contributed by atoms with Gasteiger partial charge >= 0.3 is 0 Å². The number of nitrogens with zero attached hydrogens (tertiary/aromatic N) is 1. The van der Waals surface area contributed by atoms with E-state index >= 15 is 0 Å². The van der Waals surface area contributed by atoms with Crippen molar-refractivity contribution in [2.45, 2.75) is 22.3 Å². The summed E-state index contributed by atoms with van der Waals surface area (Å²) in [7, 11) is -3.05. The number of rotatable bonds is 4. The predicted octanol–water partition coefficient (Wildman–Crippen LogP) is 2.63. The fourth-order valence-corrected chi connectivity index (χ4v) is 5.38. The maximum absolute atomic E-state index is 12.6. The molecule has 0 saturated carbocycles. The van der Waals surface area contributed by atoms with Gasteiger partial charge in [0.1, 0.15) is 6.07 Å². The molecule has 1 heterocycles. The molecule has 3 rings (SSSR count). The van der Waals surface area contributed by atoms with Crippen molar-refractivity contribution in [2.75, 3.05) is 11.5 Å². The first kappa shape index (κ1) is 17.5. The summed E-state index contributed by atoms with van der Waals surface area (Å²) in [6.07, 6.45) is 0.445.